The molecule has 0 bridgehead atoms. The maximum Gasteiger partial charge on any atom is 0.319 e. The van der Waals surface area contributed by atoms with Gasteiger partial charge in [-0.15, -0.1) is 0 Å². The molecule has 20 heteroatoms. The van der Waals surface area contributed by atoms with Gasteiger partial charge in [0, 0.05) is 90.6 Å². The van der Waals surface area contributed by atoms with Gasteiger partial charge in [-0.2, -0.15) is 15.2 Å². The van der Waals surface area contributed by atoms with Gasteiger partial charge in [0.25, 0.3) is 11.8 Å². The number of benzene rings is 4. The maximum absolute atomic E-state index is 14.2. The second kappa shape index (κ2) is 21.6. The zero-order valence-electron chi connectivity index (χ0n) is 40.9. The summed E-state index contributed by atoms with van der Waals surface area (Å²) in [6, 6.07) is 23.1. The number of piperazine rings is 1. The molecule has 6 heterocycles. The van der Waals surface area contributed by atoms with Crippen LogP contribution in [0.25, 0.3) is 10.8 Å². The number of urea groups is 1. The number of halogens is 2. The Kier molecular flexibility index (Phi) is 14.6. The van der Waals surface area contributed by atoms with Crippen molar-refractivity contribution in [3.05, 3.63) is 123 Å². The number of nitrogens with zero attached hydrogens (tertiary/aromatic N) is 8. The smallest absolute Gasteiger partial charge is 0.319 e. The Labute approximate surface area is 438 Å². The van der Waals surface area contributed by atoms with Gasteiger partial charge < -0.3 is 44.6 Å². The zero-order chi connectivity index (χ0) is 51.6. The van der Waals surface area contributed by atoms with Crippen molar-refractivity contribution in [3.8, 4) is 17.8 Å². The first-order valence-electron chi connectivity index (χ1n) is 24.8. The number of piperidine rings is 1. The van der Waals surface area contributed by atoms with E-state index in [1.54, 1.807) is 29.2 Å². The van der Waals surface area contributed by atoms with Crippen molar-refractivity contribution >= 4 is 80.8 Å². The third kappa shape index (κ3) is 10.5. The molecule has 0 saturated carbocycles. The predicted octanol–water partition coefficient (Wildman–Crippen LogP) is 6.62. The maximum atomic E-state index is 14.2. The van der Waals surface area contributed by atoms with Gasteiger partial charge >= 0.3 is 12.0 Å². The summed E-state index contributed by atoms with van der Waals surface area (Å²) in [5, 5.41) is 21.1. The number of likely N-dealkylation sites (tertiary alicyclic amines) is 1. The Morgan fingerprint density at radius 3 is 2.55 bits per heavy atom. The van der Waals surface area contributed by atoms with Gasteiger partial charge in [0.1, 0.15) is 30.8 Å². The second-order valence-corrected chi connectivity index (χ2v) is 20.2. The number of nitrogens with one attached hydrogen (secondary N) is 3. The molecule has 3 N–H and O–H groups in total. The summed E-state index contributed by atoms with van der Waals surface area (Å²) in [5.74, 6) is -0.545. The summed E-state index contributed by atoms with van der Waals surface area (Å²) in [7, 11) is 2.10. The molecule has 382 valence electrons. The number of likely N-dealkylation sites (N-methyl/N-ethyl adjacent to an activating group) is 1. The monoisotopic (exact) mass is 1040 g/mol. The van der Waals surface area contributed by atoms with E-state index in [0.29, 0.717) is 72.1 Å². The SMILES string of the molecule is C=C(COc1cc(Cl)ccc1NC(=O)NCc1ccc2c(c1)CN(C1CCC(=O)NC1=O)C2=O)C(=O)N1CCN(c2nc(OC[C@@H]3CCCN3C)nc3c2CCN(c2cccc4cccc(Cl)c24)C3)C[C@@H]1CC#N. The van der Waals surface area contributed by atoms with Crippen molar-refractivity contribution in [1.29, 1.82) is 5.26 Å². The molecule has 0 radical (unpaired) electrons. The molecule has 1 aromatic heterocycles. The number of fused-ring (bicyclic) bond motifs is 3. The number of hydrogen-bond acceptors (Lipinski definition) is 13. The summed E-state index contributed by atoms with van der Waals surface area (Å²) < 4.78 is 12.5. The number of rotatable bonds is 14. The molecule has 74 heavy (non-hydrogen) atoms. The highest BCUT2D eigenvalue weighted by molar-refractivity contribution is 6.36. The summed E-state index contributed by atoms with van der Waals surface area (Å²) in [6.45, 7) is 7.92. The van der Waals surface area contributed by atoms with Gasteiger partial charge in [-0.3, -0.25) is 24.5 Å². The first-order chi connectivity index (χ1) is 35.8. The minimum atomic E-state index is -0.731. The molecule has 5 aliphatic rings. The fraction of sp³-hybridized carbons (Fsp3) is 0.370. The number of carbonyl (C=O) groups excluding carboxylic acids is 5. The highest BCUT2D eigenvalue weighted by atomic mass is 35.5. The van der Waals surface area contributed by atoms with E-state index >= 15 is 0 Å². The lowest BCUT2D eigenvalue weighted by molar-refractivity contribution is -0.137. The van der Waals surface area contributed by atoms with Gasteiger partial charge in [0.05, 0.1) is 41.5 Å². The number of aromatic nitrogens is 2. The lowest BCUT2D eigenvalue weighted by Crippen LogP contribution is -2.56. The molecular weight excluding hydrogens is 986 g/mol. The number of hydrogen-bond donors (Lipinski definition) is 3. The second-order valence-electron chi connectivity index (χ2n) is 19.3. The standard InChI is InChI=1S/C54H55Cl2N11O7/c1-32(30-73-46-25-36(55)12-14-42(46)59-53(72)58-26-33-11-13-39-35(24-33)27-67(52(39)71)45-15-16-47(68)61-50(45)69)51(70)66-23-22-65(28-37(66)17-19-57)49-40-18-21-64(44-10-4-7-34-6-3-9-41(56)48(34)44)29-43(40)60-54(62-49)74-31-38-8-5-20-63(38)2/h3-4,6-7,9-14,24-25,37-38,45H,1,5,8,15-18,20-23,26-31H2,2H3,(H2,58,59,72)(H,61,68,69)/t37-,38-,45?/m0/s1. The molecule has 0 aliphatic carbocycles. The van der Waals surface area contributed by atoms with Crippen molar-refractivity contribution in [3.63, 3.8) is 0 Å². The molecule has 5 aromatic rings. The van der Waals surface area contributed by atoms with Crippen LogP contribution in [0, 0.1) is 11.3 Å². The number of imide groups is 1. The number of amides is 6. The Morgan fingerprint density at radius 2 is 1.76 bits per heavy atom. The molecule has 6 amide bonds. The van der Waals surface area contributed by atoms with E-state index in [0.717, 1.165) is 58.5 Å². The predicted molar refractivity (Wildman–Crippen MR) is 279 cm³/mol. The van der Waals surface area contributed by atoms with Crippen LogP contribution in [0.15, 0.2) is 84.9 Å². The number of nitriles is 1. The van der Waals surface area contributed by atoms with Crippen LogP contribution in [-0.2, 0) is 40.4 Å². The molecular formula is C54H55Cl2N11O7. The van der Waals surface area contributed by atoms with Crippen molar-refractivity contribution in [1.82, 2.24) is 35.3 Å². The van der Waals surface area contributed by atoms with E-state index in [9.17, 15) is 29.2 Å². The quantitative estimate of drug-likeness (QED) is 0.0791. The van der Waals surface area contributed by atoms with Gasteiger partial charge in [0.2, 0.25) is 11.8 Å². The summed E-state index contributed by atoms with van der Waals surface area (Å²) >= 11 is 13.2. The van der Waals surface area contributed by atoms with E-state index < -0.39 is 24.0 Å². The largest absolute Gasteiger partial charge is 0.486 e. The Hall–Kier alpha value is -7.46. The Bertz CT molecular complexity index is 3120. The normalized spacial score (nSPS) is 19.7. The van der Waals surface area contributed by atoms with E-state index in [1.807, 2.05) is 24.3 Å². The number of anilines is 3. The molecule has 0 spiro atoms. The minimum absolute atomic E-state index is 0.0680. The van der Waals surface area contributed by atoms with Crippen LogP contribution in [0.5, 0.6) is 11.8 Å². The van der Waals surface area contributed by atoms with Crippen molar-refractivity contribution in [2.45, 2.75) is 76.3 Å². The van der Waals surface area contributed by atoms with E-state index in [-0.39, 0.29) is 80.6 Å². The highest BCUT2D eigenvalue weighted by Gasteiger charge is 2.40. The number of carbonyl (C=O) groups is 5. The van der Waals surface area contributed by atoms with Crippen LogP contribution in [0.3, 0.4) is 0 Å². The molecule has 3 saturated heterocycles. The topological polar surface area (TPSA) is 206 Å². The van der Waals surface area contributed by atoms with Crippen LogP contribution in [0.2, 0.25) is 10.0 Å². The molecule has 4 aromatic carbocycles. The first kappa shape index (κ1) is 50.1. The summed E-state index contributed by atoms with van der Waals surface area (Å²) in [4.78, 5) is 84.8. The summed E-state index contributed by atoms with van der Waals surface area (Å²) in [5.41, 5.74) is 5.23. The number of ether oxygens (including phenoxy) is 2. The minimum Gasteiger partial charge on any atom is -0.486 e. The van der Waals surface area contributed by atoms with Gasteiger partial charge in [-0.1, -0.05) is 66.2 Å². The highest BCUT2D eigenvalue weighted by Crippen LogP contribution is 2.38. The Morgan fingerprint density at radius 1 is 0.919 bits per heavy atom. The van der Waals surface area contributed by atoms with E-state index in [4.69, 9.17) is 42.6 Å². The molecule has 18 nitrogen and oxygen atoms in total. The lowest BCUT2D eigenvalue weighted by atomic mass is 10.0. The zero-order valence-corrected chi connectivity index (χ0v) is 42.4. The van der Waals surface area contributed by atoms with E-state index in [1.165, 1.54) is 11.0 Å². The fourth-order valence-electron chi connectivity index (χ4n) is 10.7. The summed E-state index contributed by atoms with van der Waals surface area (Å²) in [6.07, 6.45) is 3.27. The van der Waals surface area contributed by atoms with Gasteiger partial charge in [-0.25, -0.2) is 4.79 Å². The van der Waals surface area contributed by atoms with Crippen LogP contribution < -0.4 is 35.2 Å². The van der Waals surface area contributed by atoms with Crippen molar-refractivity contribution in [2.75, 3.05) is 68.1 Å². The van der Waals surface area contributed by atoms with Crippen LogP contribution in [-0.4, -0.2) is 125 Å². The van der Waals surface area contributed by atoms with Crippen LogP contribution >= 0.6 is 23.2 Å². The fourth-order valence-corrected chi connectivity index (χ4v) is 11.1. The van der Waals surface area contributed by atoms with Crippen molar-refractivity contribution < 1.29 is 33.4 Å². The third-order valence-corrected chi connectivity index (χ3v) is 15.1. The molecule has 10 rings (SSSR count). The lowest BCUT2D eigenvalue weighted by Gasteiger charge is -2.42. The van der Waals surface area contributed by atoms with Crippen LogP contribution in [0.4, 0.5) is 22.0 Å². The Balaban J connectivity index is 0.785. The van der Waals surface area contributed by atoms with Gasteiger partial charge in [-0.05, 0) is 86.1 Å². The van der Waals surface area contributed by atoms with Gasteiger partial charge in [0.15, 0.2) is 0 Å². The van der Waals surface area contributed by atoms with E-state index in [2.05, 4.69) is 68.5 Å². The molecule has 3 fully saturated rings. The molecule has 3 atom stereocenters. The molecule has 5 aliphatic heterocycles. The first-order valence-corrected chi connectivity index (χ1v) is 25.6. The average Bonchev–Trinajstić information content (AvgIpc) is 3.97. The third-order valence-electron chi connectivity index (χ3n) is 14.6. The average molecular weight is 1040 g/mol. The molecule has 1 unspecified atom stereocenters. The van der Waals surface area contributed by atoms with Crippen molar-refractivity contribution in [2.24, 2.45) is 0 Å². The van der Waals surface area contributed by atoms with Crippen LogP contribution in [0.1, 0.15) is 64.8 Å².